The van der Waals surface area contributed by atoms with Crippen LogP contribution >= 0.6 is 0 Å². The molecule has 0 aromatic carbocycles. The monoisotopic (exact) mass is 204 g/mol. The summed E-state index contributed by atoms with van der Waals surface area (Å²) in [6.07, 6.45) is 0.316. The van der Waals surface area contributed by atoms with Crippen LogP contribution in [-0.4, -0.2) is 40.0 Å². The summed E-state index contributed by atoms with van der Waals surface area (Å²) in [5.41, 5.74) is 0. The quantitative estimate of drug-likeness (QED) is 0.718. The van der Waals surface area contributed by atoms with Gasteiger partial charge in [-0.05, 0) is 13.8 Å². The van der Waals surface area contributed by atoms with Crippen LogP contribution in [0.25, 0.3) is 0 Å². The number of aromatic amines is 1. The number of rotatable bonds is 4. The van der Waals surface area contributed by atoms with Crippen molar-refractivity contribution in [3.63, 3.8) is 0 Å². The lowest BCUT2D eigenvalue weighted by Crippen LogP contribution is -2.19. The fourth-order valence-electron chi connectivity index (χ4n) is 0.758. The van der Waals surface area contributed by atoms with Crippen LogP contribution in [0.5, 0.6) is 0 Å². The van der Waals surface area contributed by atoms with Gasteiger partial charge in [0.1, 0.15) is 0 Å². The molecule has 0 atom stereocenters. The Balaban J connectivity index is 2.53. The van der Waals surface area contributed by atoms with E-state index in [1.807, 2.05) is 0 Å². The number of sulfone groups is 1. The first-order valence-electron chi connectivity index (χ1n) is 3.96. The molecule has 0 aliphatic carbocycles. The highest BCUT2D eigenvalue weighted by atomic mass is 32.2. The van der Waals surface area contributed by atoms with E-state index in [-0.39, 0.29) is 11.0 Å². The maximum Gasteiger partial charge on any atom is 0.175 e. The topological polar surface area (TPSA) is 88.6 Å². The minimum absolute atomic E-state index is 0.0736. The van der Waals surface area contributed by atoms with Crippen molar-refractivity contribution in [1.82, 2.24) is 20.6 Å². The molecule has 0 aliphatic heterocycles. The summed E-state index contributed by atoms with van der Waals surface area (Å²) >= 11 is 0. The van der Waals surface area contributed by atoms with Gasteiger partial charge in [-0.15, -0.1) is 10.2 Å². The minimum Gasteiger partial charge on any atom is -0.229 e. The van der Waals surface area contributed by atoms with E-state index in [2.05, 4.69) is 20.6 Å². The van der Waals surface area contributed by atoms with Crippen LogP contribution in [0.1, 0.15) is 19.7 Å². The molecule has 1 rings (SSSR count). The first kappa shape index (κ1) is 10.1. The molecule has 0 saturated carbocycles. The van der Waals surface area contributed by atoms with E-state index in [0.717, 1.165) is 0 Å². The van der Waals surface area contributed by atoms with E-state index < -0.39 is 9.84 Å². The second kappa shape index (κ2) is 3.82. The number of aryl methyl sites for hydroxylation is 1. The van der Waals surface area contributed by atoms with Gasteiger partial charge in [0.05, 0.1) is 11.0 Å². The van der Waals surface area contributed by atoms with Crippen molar-refractivity contribution in [1.29, 1.82) is 0 Å². The predicted octanol–water partition coefficient (Wildman–Crippen LogP) is -0.435. The third kappa shape index (κ3) is 2.76. The van der Waals surface area contributed by atoms with Crippen molar-refractivity contribution in [3.05, 3.63) is 5.82 Å². The van der Waals surface area contributed by atoms with Crippen molar-refractivity contribution >= 4 is 9.84 Å². The summed E-state index contributed by atoms with van der Waals surface area (Å²) < 4.78 is 22.7. The number of hydrogen-bond acceptors (Lipinski definition) is 5. The van der Waals surface area contributed by atoms with E-state index in [0.29, 0.717) is 12.2 Å². The highest BCUT2D eigenvalue weighted by Crippen LogP contribution is 2.02. The van der Waals surface area contributed by atoms with Crippen molar-refractivity contribution < 1.29 is 8.42 Å². The second-order valence-electron chi connectivity index (χ2n) is 2.99. The SMILES string of the molecule is CC(C)S(=O)(=O)CCc1nn[nH]n1. The number of hydrogen-bond donors (Lipinski definition) is 1. The van der Waals surface area contributed by atoms with Gasteiger partial charge in [0.15, 0.2) is 15.7 Å². The van der Waals surface area contributed by atoms with Crippen LogP contribution < -0.4 is 0 Å². The minimum atomic E-state index is -3.00. The van der Waals surface area contributed by atoms with Gasteiger partial charge in [0.2, 0.25) is 0 Å². The van der Waals surface area contributed by atoms with Gasteiger partial charge in [-0.25, -0.2) is 8.42 Å². The molecule has 0 spiro atoms. The van der Waals surface area contributed by atoms with Gasteiger partial charge >= 0.3 is 0 Å². The van der Waals surface area contributed by atoms with Crippen molar-refractivity contribution in [2.45, 2.75) is 25.5 Å². The zero-order chi connectivity index (χ0) is 9.90. The Bertz CT molecular complexity index is 343. The third-order valence-corrected chi connectivity index (χ3v) is 3.93. The number of nitrogens with one attached hydrogen (secondary N) is 1. The van der Waals surface area contributed by atoms with Crippen LogP contribution in [0.4, 0.5) is 0 Å². The molecular formula is C6H12N4O2S. The summed E-state index contributed by atoms with van der Waals surface area (Å²) in [5, 5.41) is 12.6. The maximum atomic E-state index is 11.3. The van der Waals surface area contributed by atoms with Crippen LogP contribution in [0.2, 0.25) is 0 Å². The first-order chi connectivity index (χ1) is 6.02. The fourth-order valence-corrected chi connectivity index (χ4v) is 1.70. The molecule has 6 nitrogen and oxygen atoms in total. The molecule has 7 heteroatoms. The van der Waals surface area contributed by atoms with Crippen LogP contribution in [0, 0.1) is 0 Å². The lowest BCUT2D eigenvalue weighted by molar-refractivity contribution is 0.586. The predicted molar refractivity (Wildman–Crippen MR) is 46.8 cm³/mol. The van der Waals surface area contributed by atoms with Crippen LogP contribution in [0.3, 0.4) is 0 Å². The molecule has 0 fully saturated rings. The van der Waals surface area contributed by atoms with E-state index >= 15 is 0 Å². The molecule has 1 aromatic rings. The van der Waals surface area contributed by atoms with Crippen molar-refractivity contribution in [3.8, 4) is 0 Å². The maximum absolute atomic E-state index is 11.3. The first-order valence-corrected chi connectivity index (χ1v) is 5.68. The lowest BCUT2D eigenvalue weighted by atomic mass is 10.5. The number of nitrogens with zero attached hydrogens (tertiary/aromatic N) is 3. The van der Waals surface area contributed by atoms with E-state index in [1.165, 1.54) is 0 Å². The molecule has 0 amide bonds. The Morgan fingerprint density at radius 2 is 2.15 bits per heavy atom. The molecule has 0 bridgehead atoms. The van der Waals surface area contributed by atoms with Crippen molar-refractivity contribution in [2.24, 2.45) is 0 Å². The van der Waals surface area contributed by atoms with Gasteiger partial charge in [0, 0.05) is 6.42 Å². The molecule has 1 N–H and O–H groups in total. The number of aromatic nitrogens is 4. The summed E-state index contributed by atoms with van der Waals surface area (Å²) in [6.45, 7) is 3.32. The van der Waals surface area contributed by atoms with Gasteiger partial charge in [-0.2, -0.15) is 5.21 Å². The number of tetrazole rings is 1. The molecule has 0 saturated heterocycles. The molecule has 0 radical (unpaired) electrons. The molecule has 74 valence electrons. The Labute approximate surface area is 76.7 Å². The Kier molecular flexibility index (Phi) is 2.97. The van der Waals surface area contributed by atoms with Crippen LogP contribution in [0.15, 0.2) is 0 Å². The normalized spacial score (nSPS) is 12.2. The second-order valence-corrected chi connectivity index (χ2v) is 5.67. The smallest absolute Gasteiger partial charge is 0.175 e. The number of H-pyrrole nitrogens is 1. The molecule has 1 aromatic heterocycles. The summed E-state index contributed by atoms with van der Waals surface area (Å²) in [5.74, 6) is 0.508. The molecule has 0 aliphatic rings. The average molecular weight is 204 g/mol. The zero-order valence-electron chi connectivity index (χ0n) is 7.56. The van der Waals surface area contributed by atoms with Gasteiger partial charge in [-0.1, -0.05) is 5.21 Å². The molecular weight excluding hydrogens is 192 g/mol. The third-order valence-electron chi connectivity index (χ3n) is 1.72. The van der Waals surface area contributed by atoms with Gasteiger partial charge < -0.3 is 0 Å². The largest absolute Gasteiger partial charge is 0.229 e. The Morgan fingerprint density at radius 1 is 1.46 bits per heavy atom. The van der Waals surface area contributed by atoms with Crippen molar-refractivity contribution in [2.75, 3.05) is 5.75 Å². The molecule has 0 unspecified atom stereocenters. The Hall–Kier alpha value is -0.980. The van der Waals surface area contributed by atoms with Gasteiger partial charge in [-0.3, -0.25) is 0 Å². The zero-order valence-corrected chi connectivity index (χ0v) is 8.37. The lowest BCUT2D eigenvalue weighted by Gasteiger charge is -2.04. The standard InChI is InChI=1S/C6H12N4O2S/c1-5(2)13(11,12)4-3-6-7-9-10-8-6/h5H,3-4H2,1-2H3,(H,7,8,9,10). The van der Waals surface area contributed by atoms with Crippen LogP contribution in [-0.2, 0) is 16.3 Å². The Morgan fingerprint density at radius 3 is 2.62 bits per heavy atom. The van der Waals surface area contributed by atoms with E-state index in [4.69, 9.17) is 0 Å². The summed E-state index contributed by atoms with van der Waals surface area (Å²) in [4.78, 5) is 0. The summed E-state index contributed by atoms with van der Waals surface area (Å²) in [7, 11) is -3.00. The molecule has 13 heavy (non-hydrogen) atoms. The highest BCUT2D eigenvalue weighted by Gasteiger charge is 2.16. The molecule has 1 heterocycles. The average Bonchev–Trinajstić information content (AvgIpc) is 2.52. The van der Waals surface area contributed by atoms with Gasteiger partial charge in [0.25, 0.3) is 0 Å². The summed E-state index contributed by atoms with van der Waals surface area (Å²) in [6, 6.07) is 0. The fraction of sp³-hybridized carbons (Fsp3) is 0.833. The van der Waals surface area contributed by atoms with E-state index in [1.54, 1.807) is 13.8 Å². The highest BCUT2D eigenvalue weighted by molar-refractivity contribution is 7.91. The van der Waals surface area contributed by atoms with E-state index in [9.17, 15) is 8.42 Å².